The van der Waals surface area contributed by atoms with Crippen LogP contribution in [-0.2, 0) is 4.74 Å². The third-order valence-electron chi connectivity index (χ3n) is 3.20. The van der Waals surface area contributed by atoms with Gasteiger partial charge in [-0.15, -0.1) is 0 Å². The lowest BCUT2D eigenvalue weighted by Crippen LogP contribution is -2.53. The van der Waals surface area contributed by atoms with Gasteiger partial charge in [0.05, 0.1) is 19.3 Å². The summed E-state index contributed by atoms with van der Waals surface area (Å²) in [6.45, 7) is 5.39. The van der Waals surface area contributed by atoms with Crippen molar-refractivity contribution in [2.45, 2.75) is 25.8 Å². The molecule has 2 aliphatic heterocycles. The number of amides is 2. The Bertz CT molecular complexity index is 220. The van der Waals surface area contributed by atoms with Gasteiger partial charge in [-0.2, -0.15) is 0 Å². The van der Waals surface area contributed by atoms with E-state index in [2.05, 4.69) is 12.2 Å². The number of ether oxygens (including phenoxy) is 1. The van der Waals surface area contributed by atoms with Crippen LogP contribution in [-0.4, -0.2) is 43.3 Å². The molecule has 2 rings (SSSR count). The smallest absolute Gasteiger partial charge is 0.317 e. The zero-order valence-corrected chi connectivity index (χ0v) is 8.66. The molecule has 0 aromatic heterocycles. The van der Waals surface area contributed by atoms with Crippen LogP contribution in [0.5, 0.6) is 0 Å². The van der Waals surface area contributed by atoms with Gasteiger partial charge >= 0.3 is 6.03 Å². The Kier molecular flexibility index (Phi) is 2.91. The molecule has 0 bridgehead atoms. The van der Waals surface area contributed by atoms with E-state index in [4.69, 9.17) is 4.74 Å². The topological polar surface area (TPSA) is 41.6 Å². The second kappa shape index (κ2) is 4.17. The molecule has 80 valence electrons. The summed E-state index contributed by atoms with van der Waals surface area (Å²) in [5.74, 6) is 0.527. The van der Waals surface area contributed by atoms with Crippen molar-refractivity contribution in [3.63, 3.8) is 0 Å². The normalized spacial score (nSPS) is 33.2. The van der Waals surface area contributed by atoms with E-state index in [1.54, 1.807) is 0 Å². The fourth-order valence-electron chi connectivity index (χ4n) is 2.29. The van der Waals surface area contributed by atoms with Crippen LogP contribution in [0.3, 0.4) is 0 Å². The fraction of sp³-hybridized carbons (Fsp3) is 0.900. The van der Waals surface area contributed by atoms with Crippen LogP contribution in [0, 0.1) is 5.92 Å². The first-order chi connectivity index (χ1) is 6.83. The Morgan fingerprint density at radius 2 is 2.43 bits per heavy atom. The molecule has 1 N–H and O–H groups in total. The van der Waals surface area contributed by atoms with E-state index >= 15 is 0 Å². The predicted molar refractivity (Wildman–Crippen MR) is 53.1 cm³/mol. The van der Waals surface area contributed by atoms with Gasteiger partial charge in [0.1, 0.15) is 0 Å². The number of carbonyl (C=O) groups is 1. The molecule has 2 atom stereocenters. The summed E-state index contributed by atoms with van der Waals surface area (Å²) in [7, 11) is 0. The molecular formula is C10H18N2O2. The van der Waals surface area contributed by atoms with Crippen molar-refractivity contribution in [1.82, 2.24) is 10.2 Å². The van der Waals surface area contributed by atoms with Crippen molar-refractivity contribution < 1.29 is 9.53 Å². The zero-order valence-electron chi connectivity index (χ0n) is 8.66. The van der Waals surface area contributed by atoms with Crippen molar-refractivity contribution in [3.8, 4) is 0 Å². The summed E-state index contributed by atoms with van der Waals surface area (Å²) >= 11 is 0. The Balaban J connectivity index is 2.01. The highest BCUT2D eigenvalue weighted by molar-refractivity contribution is 5.75. The maximum atomic E-state index is 11.6. The van der Waals surface area contributed by atoms with Gasteiger partial charge < -0.3 is 15.0 Å². The molecule has 0 radical (unpaired) electrons. The number of nitrogens with zero attached hydrogens (tertiary/aromatic N) is 1. The van der Waals surface area contributed by atoms with Gasteiger partial charge in [-0.1, -0.05) is 6.92 Å². The number of rotatable bonds is 2. The summed E-state index contributed by atoms with van der Waals surface area (Å²) in [4.78, 5) is 13.6. The molecule has 2 heterocycles. The molecule has 4 heteroatoms. The number of hydrogen-bond donors (Lipinski definition) is 1. The summed E-state index contributed by atoms with van der Waals surface area (Å²) in [6.07, 6.45) is 2.15. The molecule has 0 aliphatic carbocycles. The molecular weight excluding hydrogens is 180 g/mol. The van der Waals surface area contributed by atoms with E-state index in [0.717, 1.165) is 32.5 Å². The van der Waals surface area contributed by atoms with Crippen LogP contribution in [0.15, 0.2) is 0 Å². The lowest BCUT2D eigenvalue weighted by Gasteiger charge is -2.34. The Morgan fingerprint density at radius 1 is 1.57 bits per heavy atom. The van der Waals surface area contributed by atoms with E-state index in [0.29, 0.717) is 18.6 Å². The quantitative estimate of drug-likeness (QED) is 0.714. The first-order valence-corrected chi connectivity index (χ1v) is 5.45. The molecule has 4 nitrogen and oxygen atoms in total. The highest BCUT2D eigenvalue weighted by Crippen LogP contribution is 2.23. The lowest BCUT2D eigenvalue weighted by molar-refractivity contribution is 0.135. The van der Waals surface area contributed by atoms with Crippen LogP contribution in [0.2, 0.25) is 0 Å². The van der Waals surface area contributed by atoms with Crippen LogP contribution >= 0.6 is 0 Å². The van der Waals surface area contributed by atoms with E-state index in [1.165, 1.54) is 0 Å². The van der Waals surface area contributed by atoms with E-state index in [9.17, 15) is 4.79 Å². The Labute approximate surface area is 84.6 Å². The lowest BCUT2D eigenvalue weighted by atomic mass is 9.99. The van der Waals surface area contributed by atoms with Crippen LogP contribution in [0.25, 0.3) is 0 Å². The van der Waals surface area contributed by atoms with Crippen molar-refractivity contribution in [2.24, 2.45) is 5.92 Å². The average Bonchev–Trinajstić information content (AvgIpc) is 2.66. The first kappa shape index (κ1) is 9.77. The van der Waals surface area contributed by atoms with E-state index in [1.807, 2.05) is 4.90 Å². The average molecular weight is 198 g/mol. The highest BCUT2D eigenvalue weighted by atomic mass is 16.5. The molecule has 14 heavy (non-hydrogen) atoms. The first-order valence-electron chi connectivity index (χ1n) is 5.45. The minimum atomic E-state index is 0.0881. The molecule has 2 amide bonds. The van der Waals surface area contributed by atoms with Gasteiger partial charge in [-0.25, -0.2) is 4.79 Å². The van der Waals surface area contributed by atoms with Crippen molar-refractivity contribution in [2.75, 3.05) is 26.3 Å². The minimum absolute atomic E-state index is 0.0881. The van der Waals surface area contributed by atoms with Crippen LogP contribution < -0.4 is 5.32 Å². The molecule has 0 spiro atoms. The molecule has 0 saturated carbocycles. The maximum Gasteiger partial charge on any atom is 0.317 e. The van der Waals surface area contributed by atoms with Crippen molar-refractivity contribution >= 4 is 6.03 Å². The van der Waals surface area contributed by atoms with Crippen molar-refractivity contribution in [3.05, 3.63) is 0 Å². The molecule has 2 fully saturated rings. The number of nitrogens with one attached hydrogen (secondary N) is 1. The van der Waals surface area contributed by atoms with Gasteiger partial charge in [-0.05, 0) is 12.8 Å². The second-order valence-corrected chi connectivity index (χ2v) is 4.05. The summed E-state index contributed by atoms with van der Waals surface area (Å²) in [5.41, 5.74) is 0. The van der Waals surface area contributed by atoms with Gasteiger partial charge in [0.15, 0.2) is 0 Å². The van der Waals surface area contributed by atoms with Gasteiger partial charge in [0, 0.05) is 19.0 Å². The largest absolute Gasteiger partial charge is 0.379 e. The standard InChI is InChI=1S/C10H18N2O2/c1-2-8-6-14-7-9(8)12-5-3-4-11-10(12)13/h8-9H,2-7H2,1H3,(H,11,13). The Hall–Kier alpha value is -0.770. The highest BCUT2D eigenvalue weighted by Gasteiger charge is 2.35. The monoisotopic (exact) mass is 198 g/mol. The van der Waals surface area contributed by atoms with Crippen LogP contribution in [0.1, 0.15) is 19.8 Å². The second-order valence-electron chi connectivity index (χ2n) is 4.05. The molecule has 2 saturated heterocycles. The molecule has 0 aromatic carbocycles. The zero-order chi connectivity index (χ0) is 9.97. The van der Waals surface area contributed by atoms with Gasteiger partial charge in [0.25, 0.3) is 0 Å². The van der Waals surface area contributed by atoms with Crippen LogP contribution in [0.4, 0.5) is 4.79 Å². The summed E-state index contributed by atoms with van der Waals surface area (Å²) < 4.78 is 5.44. The van der Waals surface area contributed by atoms with Gasteiger partial charge in [0.2, 0.25) is 0 Å². The number of hydrogen-bond acceptors (Lipinski definition) is 2. The summed E-state index contributed by atoms with van der Waals surface area (Å²) in [6, 6.07) is 0.394. The number of urea groups is 1. The van der Waals surface area contributed by atoms with E-state index < -0.39 is 0 Å². The third-order valence-corrected chi connectivity index (χ3v) is 3.20. The summed E-state index contributed by atoms with van der Waals surface area (Å²) in [5, 5.41) is 2.89. The molecule has 2 aliphatic rings. The number of carbonyl (C=O) groups excluding carboxylic acids is 1. The van der Waals surface area contributed by atoms with Gasteiger partial charge in [-0.3, -0.25) is 0 Å². The third kappa shape index (κ3) is 1.71. The van der Waals surface area contributed by atoms with Crippen molar-refractivity contribution in [1.29, 1.82) is 0 Å². The molecule has 2 unspecified atom stereocenters. The SMILES string of the molecule is CCC1COCC1N1CCCNC1=O. The van der Waals surface area contributed by atoms with E-state index in [-0.39, 0.29) is 6.03 Å². The fourth-order valence-corrected chi connectivity index (χ4v) is 2.29. The predicted octanol–water partition coefficient (Wildman–Crippen LogP) is 0.827. The molecule has 0 aromatic rings. The minimum Gasteiger partial charge on any atom is -0.379 e. The maximum absolute atomic E-state index is 11.6. The Morgan fingerprint density at radius 3 is 3.14 bits per heavy atom.